The van der Waals surface area contributed by atoms with E-state index in [9.17, 15) is 4.79 Å². The van der Waals surface area contributed by atoms with Crippen LogP contribution in [0.5, 0.6) is 0 Å². The number of nitrogens with zero attached hydrogens (tertiary/aromatic N) is 2. The molecule has 0 fully saturated rings. The number of thiophene rings is 1. The molecule has 0 saturated carbocycles. The standard InChI is InChI=1S/C12H16N4OS/c1-7(2)15-12(17)8(3)16-11-10-9(4-5-18-10)13-6-14-11/h4-8H,1-3H3,(H,15,17)(H,13,14,16). The molecule has 0 saturated heterocycles. The molecule has 0 aromatic carbocycles. The number of carbonyl (C=O) groups is 1. The van der Waals surface area contributed by atoms with Gasteiger partial charge in [0.2, 0.25) is 5.91 Å². The monoisotopic (exact) mass is 264 g/mol. The first-order valence-electron chi connectivity index (χ1n) is 5.83. The largest absolute Gasteiger partial charge is 0.357 e. The molecule has 0 aliphatic heterocycles. The Balaban J connectivity index is 2.13. The lowest BCUT2D eigenvalue weighted by Crippen LogP contribution is -2.41. The van der Waals surface area contributed by atoms with Crippen molar-refractivity contribution in [2.24, 2.45) is 0 Å². The second kappa shape index (κ2) is 5.30. The molecular weight excluding hydrogens is 248 g/mol. The van der Waals surface area contributed by atoms with Crippen molar-refractivity contribution in [1.82, 2.24) is 15.3 Å². The Kier molecular flexibility index (Phi) is 3.76. The van der Waals surface area contributed by atoms with E-state index in [1.165, 1.54) is 6.33 Å². The van der Waals surface area contributed by atoms with Crippen LogP contribution in [0.25, 0.3) is 10.2 Å². The molecule has 0 aliphatic rings. The number of amides is 1. The van der Waals surface area contributed by atoms with Crippen LogP contribution < -0.4 is 10.6 Å². The molecule has 1 atom stereocenters. The third kappa shape index (κ3) is 2.76. The van der Waals surface area contributed by atoms with Gasteiger partial charge in [0, 0.05) is 6.04 Å². The Morgan fingerprint density at radius 1 is 1.33 bits per heavy atom. The molecule has 1 amide bonds. The molecule has 0 bridgehead atoms. The van der Waals surface area contributed by atoms with Crippen LogP contribution in [0.1, 0.15) is 20.8 Å². The minimum absolute atomic E-state index is 0.0340. The predicted octanol–water partition coefficient (Wildman–Crippen LogP) is 2.02. The van der Waals surface area contributed by atoms with Crippen LogP contribution in [-0.4, -0.2) is 28.0 Å². The summed E-state index contributed by atoms with van der Waals surface area (Å²) in [5.74, 6) is 0.676. The molecule has 18 heavy (non-hydrogen) atoms. The van der Waals surface area contributed by atoms with Crippen molar-refractivity contribution in [1.29, 1.82) is 0 Å². The first-order chi connectivity index (χ1) is 8.58. The molecule has 2 heterocycles. The number of hydrogen-bond acceptors (Lipinski definition) is 5. The zero-order valence-electron chi connectivity index (χ0n) is 10.6. The summed E-state index contributed by atoms with van der Waals surface area (Å²) in [4.78, 5) is 20.2. The highest BCUT2D eigenvalue weighted by Gasteiger charge is 2.15. The lowest BCUT2D eigenvalue weighted by atomic mass is 10.2. The summed E-state index contributed by atoms with van der Waals surface area (Å²) in [6, 6.07) is 1.74. The smallest absolute Gasteiger partial charge is 0.242 e. The molecule has 2 aromatic rings. The first-order valence-corrected chi connectivity index (χ1v) is 6.71. The van der Waals surface area contributed by atoms with Gasteiger partial charge in [-0.15, -0.1) is 11.3 Å². The Bertz CT molecular complexity index is 552. The second-order valence-electron chi connectivity index (χ2n) is 4.39. The van der Waals surface area contributed by atoms with Gasteiger partial charge in [0.05, 0.1) is 10.2 Å². The lowest BCUT2D eigenvalue weighted by molar-refractivity contribution is -0.122. The molecular formula is C12H16N4OS. The van der Waals surface area contributed by atoms with E-state index in [-0.39, 0.29) is 18.0 Å². The van der Waals surface area contributed by atoms with E-state index in [4.69, 9.17) is 0 Å². The summed E-state index contributed by atoms with van der Waals surface area (Å²) in [6.07, 6.45) is 1.50. The van der Waals surface area contributed by atoms with Crippen molar-refractivity contribution in [2.45, 2.75) is 32.9 Å². The van der Waals surface area contributed by atoms with E-state index >= 15 is 0 Å². The molecule has 2 aromatic heterocycles. The fraction of sp³-hybridized carbons (Fsp3) is 0.417. The SMILES string of the molecule is CC(C)NC(=O)C(C)Nc1ncnc2ccsc12. The van der Waals surface area contributed by atoms with Gasteiger partial charge in [-0.05, 0) is 32.2 Å². The number of rotatable bonds is 4. The summed E-state index contributed by atoms with van der Waals surface area (Å²) < 4.78 is 0.974. The molecule has 0 radical (unpaired) electrons. The molecule has 6 heteroatoms. The Morgan fingerprint density at radius 2 is 2.11 bits per heavy atom. The molecule has 1 unspecified atom stereocenters. The fourth-order valence-electron chi connectivity index (χ4n) is 1.57. The van der Waals surface area contributed by atoms with E-state index < -0.39 is 0 Å². The molecule has 96 valence electrons. The maximum atomic E-state index is 11.8. The van der Waals surface area contributed by atoms with Gasteiger partial charge in [-0.1, -0.05) is 0 Å². The molecule has 2 N–H and O–H groups in total. The van der Waals surface area contributed by atoms with Gasteiger partial charge < -0.3 is 10.6 Å². The zero-order valence-corrected chi connectivity index (χ0v) is 11.4. The van der Waals surface area contributed by atoms with Gasteiger partial charge >= 0.3 is 0 Å². The van der Waals surface area contributed by atoms with Crippen molar-refractivity contribution in [3.05, 3.63) is 17.8 Å². The molecule has 5 nitrogen and oxygen atoms in total. The number of hydrogen-bond donors (Lipinski definition) is 2. The van der Waals surface area contributed by atoms with Crippen LogP contribution in [0, 0.1) is 0 Å². The number of aromatic nitrogens is 2. The number of anilines is 1. The highest BCUT2D eigenvalue weighted by atomic mass is 32.1. The average Bonchev–Trinajstić information content (AvgIpc) is 2.77. The third-order valence-electron chi connectivity index (χ3n) is 2.42. The van der Waals surface area contributed by atoms with Gasteiger partial charge in [-0.3, -0.25) is 4.79 Å². The van der Waals surface area contributed by atoms with E-state index in [0.717, 1.165) is 10.2 Å². The Labute approximate surface area is 110 Å². The minimum atomic E-state index is -0.326. The lowest BCUT2D eigenvalue weighted by Gasteiger charge is -2.16. The summed E-state index contributed by atoms with van der Waals surface area (Å²) in [7, 11) is 0. The van der Waals surface area contributed by atoms with E-state index in [1.54, 1.807) is 11.3 Å². The van der Waals surface area contributed by atoms with Crippen LogP contribution >= 0.6 is 11.3 Å². The van der Waals surface area contributed by atoms with Crippen molar-refractivity contribution in [3.8, 4) is 0 Å². The van der Waals surface area contributed by atoms with Crippen molar-refractivity contribution < 1.29 is 4.79 Å². The molecule has 0 spiro atoms. The zero-order chi connectivity index (χ0) is 13.1. The topological polar surface area (TPSA) is 66.9 Å². The third-order valence-corrected chi connectivity index (χ3v) is 3.33. The number of carbonyl (C=O) groups excluding carboxylic acids is 1. The van der Waals surface area contributed by atoms with E-state index in [1.807, 2.05) is 32.2 Å². The second-order valence-corrected chi connectivity index (χ2v) is 5.30. The maximum Gasteiger partial charge on any atom is 0.242 e. The van der Waals surface area contributed by atoms with Crippen molar-refractivity contribution >= 4 is 33.3 Å². The maximum absolute atomic E-state index is 11.8. The van der Waals surface area contributed by atoms with E-state index in [0.29, 0.717) is 5.82 Å². The van der Waals surface area contributed by atoms with Gasteiger partial charge in [0.25, 0.3) is 0 Å². The highest BCUT2D eigenvalue weighted by molar-refractivity contribution is 7.17. The Morgan fingerprint density at radius 3 is 2.83 bits per heavy atom. The summed E-state index contributed by atoms with van der Waals surface area (Å²) in [6.45, 7) is 5.69. The normalized spacial score (nSPS) is 12.7. The van der Waals surface area contributed by atoms with Crippen LogP contribution in [-0.2, 0) is 4.79 Å². The number of fused-ring (bicyclic) bond motifs is 1. The summed E-state index contributed by atoms with van der Waals surface area (Å²) >= 11 is 1.56. The number of nitrogens with one attached hydrogen (secondary N) is 2. The highest BCUT2D eigenvalue weighted by Crippen LogP contribution is 2.25. The van der Waals surface area contributed by atoms with Crippen LogP contribution in [0.15, 0.2) is 17.8 Å². The van der Waals surface area contributed by atoms with Gasteiger partial charge in [0.15, 0.2) is 0 Å². The summed E-state index contributed by atoms with van der Waals surface area (Å²) in [5.41, 5.74) is 0.897. The first kappa shape index (κ1) is 12.8. The van der Waals surface area contributed by atoms with Crippen molar-refractivity contribution in [2.75, 3.05) is 5.32 Å². The van der Waals surface area contributed by atoms with Crippen molar-refractivity contribution in [3.63, 3.8) is 0 Å². The van der Waals surface area contributed by atoms with Crippen LogP contribution in [0.2, 0.25) is 0 Å². The minimum Gasteiger partial charge on any atom is -0.357 e. The van der Waals surface area contributed by atoms with Crippen LogP contribution in [0.3, 0.4) is 0 Å². The van der Waals surface area contributed by atoms with Gasteiger partial charge in [-0.25, -0.2) is 9.97 Å². The van der Waals surface area contributed by atoms with Gasteiger partial charge in [0.1, 0.15) is 18.2 Å². The predicted molar refractivity (Wildman–Crippen MR) is 73.8 cm³/mol. The molecule has 0 aliphatic carbocycles. The van der Waals surface area contributed by atoms with E-state index in [2.05, 4.69) is 20.6 Å². The summed E-state index contributed by atoms with van der Waals surface area (Å²) in [5, 5.41) is 7.95. The Hall–Kier alpha value is -1.69. The van der Waals surface area contributed by atoms with Gasteiger partial charge in [-0.2, -0.15) is 0 Å². The van der Waals surface area contributed by atoms with Crippen LogP contribution in [0.4, 0.5) is 5.82 Å². The molecule has 2 rings (SSSR count). The quantitative estimate of drug-likeness (QED) is 0.886. The fourth-order valence-corrected chi connectivity index (χ4v) is 2.37. The average molecular weight is 264 g/mol.